The lowest BCUT2D eigenvalue weighted by molar-refractivity contribution is 0.0660. The second-order valence-electron chi connectivity index (χ2n) is 9.64. The van der Waals surface area contributed by atoms with Gasteiger partial charge in [-0.3, -0.25) is 13.9 Å². The minimum Gasteiger partial charge on any atom is -0.355 e. The summed E-state index contributed by atoms with van der Waals surface area (Å²) >= 11 is 6.17. The van der Waals surface area contributed by atoms with Gasteiger partial charge in [0, 0.05) is 48.5 Å². The van der Waals surface area contributed by atoms with Crippen molar-refractivity contribution in [1.29, 1.82) is 0 Å². The highest BCUT2D eigenvalue weighted by molar-refractivity contribution is 7.92. The summed E-state index contributed by atoms with van der Waals surface area (Å²) in [7, 11) is -3.66. The van der Waals surface area contributed by atoms with Crippen LogP contribution in [0.5, 0.6) is 0 Å². The van der Waals surface area contributed by atoms with Crippen molar-refractivity contribution >= 4 is 44.7 Å². The van der Waals surface area contributed by atoms with Gasteiger partial charge in [-0.2, -0.15) is 5.10 Å². The van der Waals surface area contributed by atoms with Crippen LogP contribution in [-0.4, -0.2) is 72.4 Å². The van der Waals surface area contributed by atoms with Crippen LogP contribution >= 0.6 is 11.6 Å². The van der Waals surface area contributed by atoms with Gasteiger partial charge in [0.25, 0.3) is 5.91 Å². The highest BCUT2D eigenvalue weighted by atomic mass is 35.5. The summed E-state index contributed by atoms with van der Waals surface area (Å²) in [5, 5.41) is 4.99. The zero-order valence-corrected chi connectivity index (χ0v) is 23.3. The van der Waals surface area contributed by atoms with Crippen LogP contribution in [-0.2, 0) is 10.0 Å². The van der Waals surface area contributed by atoms with Gasteiger partial charge >= 0.3 is 0 Å². The van der Waals surface area contributed by atoms with Crippen LogP contribution in [0.15, 0.2) is 30.5 Å². The molecule has 2 aromatic heterocycles. The van der Waals surface area contributed by atoms with Gasteiger partial charge in [0.1, 0.15) is 5.82 Å². The highest BCUT2D eigenvalue weighted by Gasteiger charge is 2.30. The molecule has 38 heavy (non-hydrogen) atoms. The standard InChI is InChI=1S/C25H33ClFN7O3S/c1-4-22(21-13-23-29-24(16(2)14-34(23)30-21)32-11-8-18(28)15-32)33(10-5-9-27)25(35)19-12-17(26)6-7-20(19)31-38(3,36)37/h6-7,12-14,18,22,31H,4-5,8-11,15,28H2,1-3H3/t18-,22-/m0/s1. The minimum absolute atomic E-state index is 0.0747. The monoisotopic (exact) mass is 565 g/mol. The Balaban J connectivity index is 1.73. The molecule has 3 aromatic rings. The molecule has 0 unspecified atom stereocenters. The zero-order valence-electron chi connectivity index (χ0n) is 21.7. The Morgan fingerprint density at radius 2 is 2.13 bits per heavy atom. The fourth-order valence-corrected chi connectivity index (χ4v) is 5.59. The molecule has 1 aromatic carbocycles. The molecule has 1 amide bonds. The van der Waals surface area contributed by atoms with Crippen molar-refractivity contribution in [1.82, 2.24) is 19.5 Å². The van der Waals surface area contributed by atoms with Crippen LogP contribution in [0, 0.1) is 6.92 Å². The molecule has 1 saturated heterocycles. The van der Waals surface area contributed by atoms with E-state index in [1.165, 1.54) is 23.1 Å². The number of hydrogen-bond acceptors (Lipinski definition) is 7. The molecule has 10 nitrogen and oxygen atoms in total. The number of carbonyl (C=O) groups excluding carboxylic acids is 1. The summed E-state index contributed by atoms with van der Waals surface area (Å²) in [5.74, 6) is 0.373. The van der Waals surface area contributed by atoms with E-state index < -0.39 is 28.6 Å². The largest absolute Gasteiger partial charge is 0.355 e. The number of fused-ring (bicyclic) bond motifs is 1. The molecule has 206 valence electrons. The number of nitrogens with zero attached hydrogens (tertiary/aromatic N) is 5. The van der Waals surface area contributed by atoms with E-state index in [9.17, 15) is 17.6 Å². The predicted molar refractivity (Wildman–Crippen MR) is 147 cm³/mol. The number of hydrogen-bond donors (Lipinski definition) is 2. The third kappa shape index (κ3) is 6.19. The number of amides is 1. The van der Waals surface area contributed by atoms with Crippen LogP contribution in [0.4, 0.5) is 15.9 Å². The minimum atomic E-state index is -3.66. The molecule has 0 aliphatic carbocycles. The number of anilines is 2. The number of sulfonamides is 1. The third-order valence-corrected chi connectivity index (χ3v) is 7.38. The van der Waals surface area contributed by atoms with Gasteiger partial charge in [0.05, 0.1) is 35.9 Å². The Morgan fingerprint density at radius 3 is 2.76 bits per heavy atom. The highest BCUT2D eigenvalue weighted by Crippen LogP contribution is 2.31. The molecule has 3 N–H and O–H groups in total. The van der Waals surface area contributed by atoms with E-state index in [1.54, 1.807) is 4.52 Å². The number of aryl methyl sites for hydroxylation is 1. The molecule has 1 aliphatic rings. The molecular formula is C25H33ClFN7O3S. The van der Waals surface area contributed by atoms with Crippen molar-refractivity contribution in [3.8, 4) is 0 Å². The van der Waals surface area contributed by atoms with E-state index in [0.717, 1.165) is 37.1 Å². The molecule has 13 heteroatoms. The summed E-state index contributed by atoms with van der Waals surface area (Å²) in [6.45, 7) is 4.94. The van der Waals surface area contributed by atoms with Crippen molar-refractivity contribution in [2.45, 2.75) is 45.2 Å². The molecule has 0 bridgehead atoms. The summed E-state index contributed by atoms with van der Waals surface area (Å²) in [5.41, 5.74) is 8.44. The fourth-order valence-electron chi connectivity index (χ4n) is 4.84. The van der Waals surface area contributed by atoms with Gasteiger partial charge in [-0.1, -0.05) is 18.5 Å². The first-order chi connectivity index (χ1) is 18.0. The van der Waals surface area contributed by atoms with Crippen LogP contribution in [0.1, 0.15) is 53.8 Å². The van der Waals surface area contributed by atoms with Crippen molar-refractivity contribution in [3.05, 3.63) is 52.3 Å². The van der Waals surface area contributed by atoms with Gasteiger partial charge in [0.15, 0.2) is 5.65 Å². The van der Waals surface area contributed by atoms with Crippen molar-refractivity contribution in [3.63, 3.8) is 0 Å². The van der Waals surface area contributed by atoms with Crippen molar-refractivity contribution in [2.75, 3.05) is 42.2 Å². The normalized spacial score (nSPS) is 16.7. The van der Waals surface area contributed by atoms with Crippen LogP contribution < -0.4 is 15.4 Å². The molecule has 0 radical (unpaired) electrons. The van der Waals surface area contributed by atoms with Crippen molar-refractivity contribution < 1.29 is 17.6 Å². The van der Waals surface area contributed by atoms with E-state index in [1.807, 2.05) is 26.1 Å². The SMILES string of the molecule is CC[C@@H](c1cc2nc(N3CC[C@H](N)C3)c(C)cn2n1)N(CCCF)C(=O)c1cc(Cl)ccc1NS(C)(=O)=O. The first kappa shape index (κ1) is 28.1. The first-order valence-electron chi connectivity index (χ1n) is 12.5. The number of alkyl halides is 1. The summed E-state index contributed by atoms with van der Waals surface area (Å²) < 4.78 is 41.2. The van der Waals surface area contributed by atoms with Gasteiger partial charge in [-0.15, -0.1) is 0 Å². The van der Waals surface area contributed by atoms with Gasteiger partial charge in [-0.25, -0.2) is 17.9 Å². The van der Waals surface area contributed by atoms with E-state index >= 15 is 0 Å². The average molecular weight is 566 g/mol. The second kappa shape index (κ2) is 11.4. The Morgan fingerprint density at radius 1 is 1.37 bits per heavy atom. The number of nitrogens with two attached hydrogens (primary N) is 1. The van der Waals surface area contributed by atoms with E-state index in [2.05, 4.69) is 9.62 Å². The fraction of sp³-hybridized carbons (Fsp3) is 0.480. The molecule has 2 atom stereocenters. The quantitative estimate of drug-likeness (QED) is 0.385. The Labute approximate surface area is 227 Å². The van der Waals surface area contributed by atoms with Crippen LogP contribution in [0.3, 0.4) is 0 Å². The zero-order chi connectivity index (χ0) is 27.6. The number of halogens is 2. The van der Waals surface area contributed by atoms with Crippen LogP contribution in [0.2, 0.25) is 5.02 Å². The molecule has 0 spiro atoms. The lowest BCUT2D eigenvalue weighted by Gasteiger charge is -2.30. The maximum Gasteiger partial charge on any atom is 0.256 e. The Kier molecular flexibility index (Phi) is 8.43. The van der Waals surface area contributed by atoms with Crippen molar-refractivity contribution in [2.24, 2.45) is 5.73 Å². The van der Waals surface area contributed by atoms with Gasteiger partial charge < -0.3 is 15.5 Å². The maximum atomic E-state index is 13.9. The number of benzene rings is 1. The maximum absolute atomic E-state index is 13.9. The molecular weight excluding hydrogens is 533 g/mol. The van der Waals surface area contributed by atoms with E-state index in [-0.39, 0.29) is 35.3 Å². The van der Waals surface area contributed by atoms with Crippen LogP contribution in [0.25, 0.3) is 5.65 Å². The van der Waals surface area contributed by atoms with E-state index in [4.69, 9.17) is 27.4 Å². The molecule has 3 heterocycles. The molecule has 4 rings (SSSR count). The third-order valence-electron chi connectivity index (χ3n) is 6.55. The summed E-state index contributed by atoms with van der Waals surface area (Å²) in [6, 6.07) is 5.78. The molecule has 1 fully saturated rings. The smallest absolute Gasteiger partial charge is 0.256 e. The number of rotatable bonds is 10. The number of carbonyl (C=O) groups is 1. The Hall–Kier alpha value is -2.96. The van der Waals surface area contributed by atoms with Gasteiger partial charge in [0.2, 0.25) is 10.0 Å². The lowest BCUT2D eigenvalue weighted by atomic mass is 10.1. The lowest BCUT2D eigenvalue weighted by Crippen LogP contribution is -2.36. The number of aromatic nitrogens is 3. The predicted octanol–water partition coefficient (Wildman–Crippen LogP) is 3.55. The summed E-state index contributed by atoms with van der Waals surface area (Å²) in [6.07, 6.45) is 4.41. The summed E-state index contributed by atoms with van der Waals surface area (Å²) in [4.78, 5) is 22.4. The number of nitrogens with one attached hydrogen (secondary N) is 1. The van der Waals surface area contributed by atoms with E-state index in [0.29, 0.717) is 17.8 Å². The topological polar surface area (TPSA) is 126 Å². The second-order valence-corrected chi connectivity index (χ2v) is 11.8. The van der Waals surface area contributed by atoms with Gasteiger partial charge in [-0.05, 0) is 44.4 Å². The molecule has 1 aliphatic heterocycles. The average Bonchev–Trinajstić information content (AvgIpc) is 3.46. The first-order valence-corrected chi connectivity index (χ1v) is 14.8. The molecule has 0 saturated carbocycles. The Bertz CT molecular complexity index is 1430.